The van der Waals surface area contributed by atoms with Gasteiger partial charge in [-0.05, 0) is 44.5 Å². The van der Waals surface area contributed by atoms with Crippen LogP contribution in [0.15, 0.2) is 48.8 Å². The van der Waals surface area contributed by atoms with Crippen molar-refractivity contribution in [1.29, 1.82) is 0 Å². The lowest BCUT2D eigenvalue weighted by Crippen LogP contribution is -2.55. The summed E-state index contributed by atoms with van der Waals surface area (Å²) in [5.74, 6) is -1.03. The summed E-state index contributed by atoms with van der Waals surface area (Å²) < 4.78 is 53.5. The molecule has 15 heteroatoms. The molecule has 0 radical (unpaired) electrons. The van der Waals surface area contributed by atoms with Crippen molar-refractivity contribution in [2.45, 2.75) is 38.8 Å². The number of carbonyl (C=O) groups excluding carboxylic acids is 2. The number of anilines is 1. The summed E-state index contributed by atoms with van der Waals surface area (Å²) in [5, 5.41) is 10.9. The number of pyridine rings is 1. The van der Waals surface area contributed by atoms with Crippen LogP contribution < -0.4 is 25.8 Å². The maximum absolute atomic E-state index is 14.6. The smallest absolute Gasteiger partial charge is 0.275 e. The first kappa shape index (κ1) is 36.7. The zero-order valence-electron chi connectivity index (χ0n) is 29.5. The van der Waals surface area contributed by atoms with E-state index in [1.165, 1.54) is 16.8 Å². The van der Waals surface area contributed by atoms with E-state index in [1.54, 1.807) is 30.5 Å². The van der Waals surface area contributed by atoms with Crippen molar-refractivity contribution in [3.63, 3.8) is 0 Å². The first-order valence-electron chi connectivity index (χ1n) is 17.2. The predicted octanol–water partition coefficient (Wildman–Crippen LogP) is 4.32. The Morgan fingerprint density at radius 1 is 1.04 bits per heavy atom. The van der Waals surface area contributed by atoms with Crippen LogP contribution in [0.25, 0.3) is 28.1 Å². The molecule has 276 valence electrons. The summed E-state index contributed by atoms with van der Waals surface area (Å²) >= 11 is 0. The number of benzene rings is 2. The van der Waals surface area contributed by atoms with Crippen LogP contribution in [0.3, 0.4) is 0 Å². The monoisotopic (exact) mass is 719 g/mol. The van der Waals surface area contributed by atoms with E-state index in [-0.39, 0.29) is 36.2 Å². The van der Waals surface area contributed by atoms with Gasteiger partial charge in [-0.15, -0.1) is 0 Å². The number of morpholine rings is 1. The van der Waals surface area contributed by atoms with Crippen LogP contribution in [0.2, 0.25) is 0 Å². The third-order valence-electron chi connectivity index (χ3n) is 8.89. The van der Waals surface area contributed by atoms with Crippen molar-refractivity contribution in [2.75, 3.05) is 65.0 Å². The quantitative estimate of drug-likeness (QED) is 0.161. The molecular weight excluding hydrogens is 676 g/mol. The number of nitrogens with zero attached hydrogens (tertiary/aromatic N) is 4. The Balaban J connectivity index is 1.31. The number of methoxy groups -OCH3 is 1. The minimum atomic E-state index is -0.783. The van der Waals surface area contributed by atoms with Gasteiger partial charge in [0.15, 0.2) is 5.69 Å². The van der Waals surface area contributed by atoms with Crippen molar-refractivity contribution in [3.05, 3.63) is 71.7 Å². The molecule has 4 N–H and O–H groups in total. The van der Waals surface area contributed by atoms with Crippen molar-refractivity contribution >= 4 is 17.5 Å². The van der Waals surface area contributed by atoms with Gasteiger partial charge in [-0.1, -0.05) is 0 Å². The first-order valence-corrected chi connectivity index (χ1v) is 17.2. The van der Waals surface area contributed by atoms with Gasteiger partial charge >= 0.3 is 0 Å². The van der Waals surface area contributed by atoms with E-state index in [1.807, 2.05) is 26.0 Å². The summed E-state index contributed by atoms with van der Waals surface area (Å²) in [7, 11) is 1.55. The third-order valence-corrected chi connectivity index (χ3v) is 8.89. The van der Waals surface area contributed by atoms with Crippen molar-refractivity contribution < 1.29 is 37.3 Å². The molecule has 13 nitrogen and oxygen atoms in total. The molecule has 1 fully saturated rings. The molecule has 1 saturated heterocycles. The van der Waals surface area contributed by atoms with Crippen LogP contribution in [0.5, 0.6) is 11.5 Å². The molecule has 0 unspecified atom stereocenters. The minimum Gasteiger partial charge on any atom is -0.496 e. The van der Waals surface area contributed by atoms with E-state index in [4.69, 9.17) is 29.8 Å². The number of hydrogen-bond donors (Lipinski definition) is 3. The third kappa shape index (κ3) is 8.01. The zero-order chi connectivity index (χ0) is 36.8. The normalized spacial score (nSPS) is 14.6. The number of rotatable bonds is 14. The van der Waals surface area contributed by atoms with E-state index in [2.05, 4.69) is 15.6 Å². The molecule has 0 aliphatic carbocycles. The van der Waals surface area contributed by atoms with Gasteiger partial charge in [0, 0.05) is 79.4 Å². The predicted molar refractivity (Wildman–Crippen MR) is 190 cm³/mol. The molecule has 52 heavy (non-hydrogen) atoms. The standard InChI is InChI=1S/C37H43F2N7O6/c1-37(2)22-51-12-9-45(37)36(48)34-30-21-52-32-18-31(49-3)28(17-29(32)35(30)46(44-34)27-15-24(38)14-25(39)16-27)23-13-26(20-41-19-23)42-7-4-8-43-33(47)5-10-50-11-6-40/h13-20,42H,4-12,21-22,40H2,1-3H3,(H,43,47). The van der Waals surface area contributed by atoms with Crippen LogP contribution in [-0.2, 0) is 20.9 Å². The van der Waals surface area contributed by atoms with E-state index >= 15 is 0 Å². The molecule has 0 bridgehead atoms. The highest BCUT2D eigenvalue weighted by Gasteiger charge is 2.39. The lowest BCUT2D eigenvalue weighted by Gasteiger charge is -2.41. The van der Waals surface area contributed by atoms with Crippen LogP contribution in [0, 0.1) is 11.6 Å². The number of ether oxygens (including phenoxy) is 4. The Bertz CT molecular complexity index is 1910. The fourth-order valence-electron chi connectivity index (χ4n) is 6.33. The van der Waals surface area contributed by atoms with Crippen LogP contribution >= 0.6 is 0 Å². The fraction of sp³-hybridized carbons (Fsp3) is 0.405. The Hall–Kier alpha value is -5.12. The molecule has 2 aromatic heterocycles. The topological polar surface area (TPSA) is 155 Å². The zero-order valence-corrected chi connectivity index (χ0v) is 29.5. The molecule has 4 aromatic rings. The Morgan fingerprint density at radius 3 is 2.60 bits per heavy atom. The fourth-order valence-corrected chi connectivity index (χ4v) is 6.33. The molecule has 0 atom stereocenters. The van der Waals surface area contributed by atoms with Crippen molar-refractivity contribution in [1.82, 2.24) is 25.0 Å². The maximum Gasteiger partial charge on any atom is 0.275 e. The molecule has 2 amide bonds. The Labute approximate surface area is 300 Å². The second-order valence-electron chi connectivity index (χ2n) is 13.1. The molecule has 2 aromatic carbocycles. The molecule has 6 rings (SSSR count). The van der Waals surface area contributed by atoms with Crippen LogP contribution in [0.4, 0.5) is 14.5 Å². The van der Waals surface area contributed by atoms with Gasteiger partial charge in [-0.3, -0.25) is 14.6 Å². The van der Waals surface area contributed by atoms with Gasteiger partial charge < -0.3 is 40.2 Å². The van der Waals surface area contributed by atoms with Crippen molar-refractivity contribution in [3.8, 4) is 39.6 Å². The molecule has 0 saturated carbocycles. The summed E-state index contributed by atoms with van der Waals surface area (Å²) in [6, 6.07) is 8.64. The Morgan fingerprint density at radius 2 is 1.85 bits per heavy atom. The molecule has 2 aliphatic rings. The van der Waals surface area contributed by atoms with E-state index in [0.29, 0.717) is 92.9 Å². The second-order valence-corrected chi connectivity index (χ2v) is 13.1. The molecular formula is C37H43F2N7O6. The molecule has 4 heterocycles. The van der Waals surface area contributed by atoms with Crippen LogP contribution in [-0.4, -0.2) is 96.7 Å². The average molecular weight is 720 g/mol. The lowest BCUT2D eigenvalue weighted by molar-refractivity contribution is -0.122. The summed E-state index contributed by atoms with van der Waals surface area (Å²) in [6.45, 7) is 7.15. The van der Waals surface area contributed by atoms with Crippen molar-refractivity contribution in [2.24, 2.45) is 5.73 Å². The average Bonchev–Trinajstić information content (AvgIpc) is 3.52. The van der Waals surface area contributed by atoms with Gasteiger partial charge in [0.1, 0.15) is 29.7 Å². The van der Waals surface area contributed by atoms with Gasteiger partial charge in [0.05, 0.1) is 56.1 Å². The lowest BCUT2D eigenvalue weighted by atomic mass is 9.95. The molecule has 0 spiro atoms. The molecule has 2 aliphatic heterocycles. The summed E-state index contributed by atoms with van der Waals surface area (Å²) in [4.78, 5) is 32.3. The minimum absolute atomic E-state index is 0.00203. The van der Waals surface area contributed by atoms with Gasteiger partial charge in [-0.2, -0.15) is 5.10 Å². The number of hydrogen-bond acceptors (Lipinski definition) is 10. The highest BCUT2D eigenvalue weighted by molar-refractivity contribution is 5.97. The largest absolute Gasteiger partial charge is 0.496 e. The number of nitrogens with one attached hydrogen (secondary N) is 2. The summed E-state index contributed by atoms with van der Waals surface area (Å²) in [5.41, 5.74) is 8.67. The number of fused-ring (bicyclic) bond motifs is 3. The number of carbonyl (C=O) groups is 2. The highest BCUT2D eigenvalue weighted by Crippen LogP contribution is 2.46. The van der Waals surface area contributed by atoms with Gasteiger partial charge in [0.2, 0.25) is 5.91 Å². The highest BCUT2D eigenvalue weighted by atomic mass is 19.1. The van der Waals surface area contributed by atoms with E-state index in [9.17, 15) is 18.4 Å². The second kappa shape index (κ2) is 16.0. The maximum atomic E-state index is 14.6. The SMILES string of the molecule is COc1cc2c(cc1-c1cncc(NCCCNC(=O)CCOCCN)c1)-c1c(c(C(=O)N3CCOCC3(C)C)nn1-c1cc(F)cc(F)c1)CO2. The van der Waals surface area contributed by atoms with E-state index in [0.717, 1.165) is 17.3 Å². The van der Waals surface area contributed by atoms with Crippen LogP contribution in [0.1, 0.15) is 42.7 Å². The van der Waals surface area contributed by atoms with Gasteiger partial charge in [0.25, 0.3) is 5.91 Å². The van der Waals surface area contributed by atoms with E-state index < -0.39 is 17.2 Å². The Kier molecular flexibility index (Phi) is 11.3. The first-order chi connectivity index (χ1) is 25.1. The summed E-state index contributed by atoms with van der Waals surface area (Å²) in [6.07, 6.45) is 4.34. The number of nitrogens with two attached hydrogens (primary N) is 1. The number of aromatic nitrogens is 3. The number of halogens is 2. The van der Waals surface area contributed by atoms with Gasteiger partial charge in [-0.25, -0.2) is 13.5 Å². The number of amides is 2.